The Hall–Kier alpha value is -1.27. The molecule has 0 atom stereocenters. The van der Waals surface area contributed by atoms with Crippen molar-refractivity contribution in [1.82, 2.24) is 10.6 Å². The van der Waals surface area contributed by atoms with Crippen LogP contribution in [0.15, 0.2) is 16.6 Å². The van der Waals surface area contributed by atoms with E-state index in [9.17, 15) is 4.79 Å². The molecule has 1 amide bonds. The number of likely N-dealkylation sites (N-methyl/N-ethyl adjacent to an activating group) is 1. The number of hydrogen-bond donors (Lipinski definition) is 2. The normalized spacial score (nSPS) is 13.9. The highest BCUT2D eigenvalue weighted by Crippen LogP contribution is 2.37. The summed E-state index contributed by atoms with van der Waals surface area (Å²) in [4.78, 5) is 11.3. The van der Waals surface area contributed by atoms with Crippen LogP contribution in [0.5, 0.6) is 11.5 Å². The summed E-state index contributed by atoms with van der Waals surface area (Å²) in [6.45, 7) is 3.24. The fraction of sp³-hybridized carbons (Fsp3) is 0.533. The predicted octanol–water partition coefficient (Wildman–Crippen LogP) is 2.22. The molecular formula is C15H21BrN2O3. The van der Waals surface area contributed by atoms with Gasteiger partial charge in [0.25, 0.3) is 5.91 Å². The molecule has 0 saturated heterocycles. The Labute approximate surface area is 133 Å². The molecule has 0 unspecified atom stereocenters. The molecule has 0 heterocycles. The van der Waals surface area contributed by atoms with E-state index in [1.54, 1.807) is 7.05 Å². The molecule has 2 N–H and O–H groups in total. The third-order valence-corrected chi connectivity index (χ3v) is 3.76. The number of benzene rings is 1. The Morgan fingerprint density at radius 1 is 1.38 bits per heavy atom. The number of rotatable bonds is 8. The van der Waals surface area contributed by atoms with Crippen LogP contribution in [-0.4, -0.2) is 32.2 Å². The first-order valence-corrected chi connectivity index (χ1v) is 7.95. The molecule has 5 nitrogen and oxygen atoms in total. The second kappa shape index (κ2) is 7.66. The summed E-state index contributed by atoms with van der Waals surface area (Å²) in [7, 11) is 1.58. The molecule has 6 heteroatoms. The SMILES string of the molecule is CCOc1cc(CNC2CC2)cc(Br)c1OCC(=O)NC. The predicted molar refractivity (Wildman–Crippen MR) is 84.7 cm³/mol. The Morgan fingerprint density at radius 2 is 2.14 bits per heavy atom. The second-order valence-corrected chi connectivity index (χ2v) is 5.81. The molecule has 1 aromatic carbocycles. The van der Waals surface area contributed by atoms with Gasteiger partial charge in [0, 0.05) is 19.6 Å². The van der Waals surface area contributed by atoms with Gasteiger partial charge in [-0.2, -0.15) is 0 Å². The van der Waals surface area contributed by atoms with E-state index in [-0.39, 0.29) is 12.5 Å². The van der Waals surface area contributed by atoms with E-state index in [0.717, 1.165) is 16.6 Å². The van der Waals surface area contributed by atoms with Gasteiger partial charge in [0.15, 0.2) is 18.1 Å². The van der Waals surface area contributed by atoms with Crippen molar-refractivity contribution in [3.8, 4) is 11.5 Å². The van der Waals surface area contributed by atoms with Crippen LogP contribution in [0.2, 0.25) is 0 Å². The van der Waals surface area contributed by atoms with Gasteiger partial charge in [-0.05, 0) is 53.4 Å². The molecule has 116 valence electrons. The lowest BCUT2D eigenvalue weighted by Gasteiger charge is -2.15. The minimum atomic E-state index is -0.177. The molecule has 1 aromatic rings. The van der Waals surface area contributed by atoms with Gasteiger partial charge < -0.3 is 20.1 Å². The van der Waals surface area contributed by atoms with Gasteiger partial charge in [0.05, 0.1) is 11.1 Å². The summed E-state index contributed by atoms with van der Waals surface area (Å²) in [6.07, 6.45) is 2.51. The van der Waals surface area contributed by atoms with Crippen molar-refractivity contribution in [2.45, 2.75) is 32.4 Å². The molecule has 0 radical (unpaired) electrons. The van der Waals surface area contributed by atoms with Gasteiger partial charge in [-0.1, -0.05) is 0 Å². The Kier molecular flexibility index (Phi) is 5.87. The van der Waals surface area contributed by atoms with Gasteiger partial charge in [-0.15, -0.1) is 0 Å². The smallest absolute Gasteiger partial charge is 0.257 e. The highest BCUT2D eigenvalue weighted by atomic mass is 79.9. The van der Waals surface area contributed by atoms with Crippen LogP contribution in [0.4, 0.5) is 0 Å². The van der Waals surface area contributed by atoms with Crippen LogP contribution >= 0.6 is 15.9 Å². The summed E-state index contributed by atoms with van der Waals surface area (Å²) >= 11 is 3.50. The molecular weight excluding hydrogens is 336 g/mol. The van der Waals surface area contributed by atoms with E-state index in [4.69, 9.17) is 9.47 Å². The standard InChI is InChI=1S/C15H21BrN2O3/c1-3-20-13-7-10(8-18-11-4-5-11)6-12(16)15(13)21-9-14(19)17-2/h6-7,11,18H,3-5,8-9H2,1-2H3,(H,17,19). The zero-order chi connectivity index (χ0) is 15.2. The van der Waals surface area contributed by atoms with Crippen molar-refractivity contribution < 1.29 is 14.3 Å². The second-order valence-electron chi connectivity index (χ2n) is 4.95. The van der Waals surface area contributed by atoms with E-state index < -0.39 is 0 Å². The minimum Gasteiger partial charge on any atom is -0.490 e. The van der Waals surface area contributed by atoms with Crippen molar-refractivity contribution in [2.24, 2.45) is 0 Å². The molecule has 1 aliphatic carbocycles. The molecule has 1 aliphatic rings. The summed E-state index contributed by atoms with van der Waals surface area (Å²) in [5.74, 6) is 1.04. The van der Waals surface area contributed by atoms with Crippen LogP contribution in [0.3, 0.4) is 0 Å². The highest BCUT2D eigenvalue weighted by Gasteiger charge is 2.21. The number of ether oxygens (including phenoxy) is 2. The van der Waals surface area contributed by atoms with Crippen molar-refractivity contribution in [2.75, 3.05) is 20.3 Å². The zero-order valence-corrected chi connectivity index (χ0v) is 14.0. The monoisotopic (exact) mass is 356 g/mol. The Morgan fingerprint density at radius 3 is 2.76 bits per heavy atom. The number of hydrogen-bond acceptors (Lipinski definition) is 4. The molecule has 1 fully saturated rings. The number of carbonyl (C=O) groups excluding carboxylic acids is 1. The first kappa shape index (κ1) is 16.1. The molecule has 0 aliphatic heterocycles. The zero-order valence-electron chi connectivity index (χ0n) is 12.4. The molecule has 21 heavy (non-hydrogen) atoms. The van der Waals surface area contributed by atoms with Crippen molar-refractivity contribution in [3.05, 3.63) is 22.2 Å². The van der Waals surface area contributed by atoms with Crippen molar-refractivity contribution in [3.63, 3.8) is 0 Å². The maximum absolute atomic E-state index is 11.3. The quantitative estimate of drug-likeness (QED) is 0.749. The lowest BCUT2D eigenvalue weighted by atomic mass is 10.2. The van der Waals surface area contributed by atoms with E-state index in [0.29, 0.717) is 24.1 Å². The highest BCUT2D eigenvalue weighted by molar-refractivity contribution is 9.10. The number of amides is 1. The van der Waals surface area contributed by atoms with Crippen LogP contribution in [0.25, 0.3) is 0 Å². The van der Waals surface area contributed by atoms with Gasteiger partial charge in [-0.25, -0.2) is 0 Å². The maximum atomic E-state index is 11.3. The Bertz CT molecular complexity index is 504. The minimum absolute atomic E-state index is 0.0329. The van der Waals surface area contributed by atoms with Crippen molar-refractivity contribution in [1.29, 1.82) is 0 Å². The van der Waals surface area contributed by atoms with Crippen molar-refractivity contribution >= 4 is 21.8 Å². The fourth-order valence-corrected chi connectivity index (χ4v) is 2.49. The largest absolute Gasteiger partial charge is 0.490 e. The molecule has 0 aromatic heterocycles. The summed E-state index contributed by atoms with van der Waals surface area (Å²) in [5, 5.41) is 5.99. The van der Waals surface area contributed by atoms with Gasteiger partial charge in [-0.3, -0.25) is 4.79 Å². The first-order chi connectivity index (χ1) is 10.1. The molecule has 0 spiro atoms. The topological polar surface area (TPSA) is 59.6 Å². The van der Waals surface area contributed by atoms with E-state index in [1.165, 1.54) is 12.8 Å². The summed E-state index contributed by atoms with van der Waals surface area (Å²) in [5.41, 5.74) is 1.13. The van der Waals surface area contributed by atoms with E-state index >= 15 is 0 Å². The first-order valence-electron chi connectivity index (χ1n) is 7.16. The summed E-state index contributed by atoms with van der Waals surface area (Å²) in [6, 6.07) is 4.61. The number of carbonyl (C=O) groups is 1. The summed E-state index contributed by atoms with van der Waals surface area (Å²) < 4.78 is 12.0. The molecule has 2 rings (SSSR count). The van der Waals surface area contributed by atoms with Crippen LogP contribution in [-0.2, 0) is 11.3 Å². The fourth-order valence-electron chi connectivity index (χ4n) is 1.89. The lowest BCUT2D eigenvalue weighted by Crippen LogP contribution is -2.25. The Balaban J connectivity index is 2.10. The third kappa shape index (κ3) is 4.89. The van der Waals surface area contributed by atoms with Crippen LogP contribution in [0.1, 0.15) is 25.3 Å². The van der Waals surface area contributed by atoms with Crippen LogP contribution < -0.4 is 20.1 Å². The average Bonchev–Trinajstić information content (AvgIpc) is 3.28. The van der Waals surface area contributed by atoms with E-state index in [1.807, 2.05) is 19.1 Å². The molecule has 0 bridgehead atoms. The van der Waals surface area contributed by atoms with E-state index in [2.05, 4.69) is 26.6 Å². The lowest BCUT2D eigenvalue weighted by molar-refractivity contribution is -0.122. The average molecular weight is 357 g/mol. The maximum Gasteiger partial charge on any atom is 0.257 e. The molecule has 1 saturated carbocycles. The third-order valence-electron chi connectivity index (χ3n) is 3.17. The van der Waals surface area contributed by atoms with Gasteiger partial charge in [0.1, 0.15) is 0 Å². The van der Waals surface area contributed by atoms with Crippen LogP contribution in [0, 0.1) is 0 Å². The van der Waals surface area contributed by atoms with Gasteiger partial charge >= 0.3 is 0 Å². The number of nitrogens with one attached hydrogen (secondary N) is 2. The van der Waals surface area contributed by atoms with Gasteiger partial charge in [0.2, 0.25) is 0 Å². The number of halogens is 1.